The first-order valence-corrected chi connectivity index (χ1v) is 4.22. The fourth-order valence-electron chi connectivity index (χ4n) is 1.13. The third kappa shape index (κ3) is 2.01. The summed E-state index contributed by atoms with van der Waals surface area (Å²) < 4.78 is 0. The minimum absolute atomic E-state index is 0.454. The molecule has 1 fully saturated rings. The van der Waals surface area contributed by atoms with E-state index in [1.54, 1.807) is 0 Å². The SMILES string of the molecule is CCNCC1NCCC1=S. The van der Waals surface area contributed by atoms with Crippen LogP contribution in [0.3, 0.4) is 0 Å². The average Bonchev–Trinajstić information content (AvgIpc) is 2.31. The lowest BCUT2D eigenvalue weighted by atomic mass is 10.2. The van der Waals surface area contributed by atoms with Gasteiger partial charge in [-0.3, -0.25) is 0 Å². The maximum absolute atomic E-state index is 5.15. The molecule has 0 bridgehead atoms. The van der Waals surface area contributed by atoms with Gasteiger partial charge in [0.2, 0.25) is 0 Å². The highest BCUT2D eigenvalue weighted by Gasteiger charge is 2.18. The van der Waals surface area contributed by atoms with Crippen LogP contribution in [0.1, 0.15) is 13.3 Å². The van der Waals surface area contributed by atoms with Crippen molar-refractivity contribution >= 4 is 17.1 Å². The van der Waals surface area contributed by atoms with Crippen LogP contribution in [0, 0.1) is 0 Å². The quantitative estimate of drug-likeness (QED) is 0.579. The van der Waals surface area contributed by atoms with Gasteiger partial charge in [-0.25, -0.2) is 0 Å². The Morgan fingerprint density at radius 1 is 1.80 bits per heavy atom. The molecule has 1 aliphatic heterocycles. The maximum Gasteiger partial charge on any atom is 0.0511 e. The van der Waals surface area contributed by atoms with E-state index in [2.05, 4.69) is 17.6 Å². The van der Waals surface area contributed by atoms with Gasteiger partial charge in [-0.1, -0.05) is 19.1 Å². The van der Waals surface area contributed by atoms with Gasteiger partial charge < -0.3 is 10.6 Å². The van der Waals surface area contributed by atoms with Gasteiger partial charge in [0.05, 0.1) is 6.04 Å². The molecule has 0 aromatic carbocycles. The summed E-state index contributed by atoms with van der Waals surface area (Å²) in [4.78, 5) is 1.18. The number of nitrogens with one attached hydrogen (secondary N) is 2. The first kappa shape index (κ1) is 8.11. The fourth-order valence-corrected chi connectivity index (χ4v) is 1.40. The summed E-state index contributed by atoms with van der Waals surface area (Å²) in [6, 6.07) is 0.454. The lowest BCUT2D eigenvalue weighted by molar-refractivity contribution is 0.614. The van der Waals surface area contributed by atoms with Crippen LogP contribution in [-0.2, 0) is 0 Å². The molecule has 58 valence electrons. The summed E-state index contributed by atoms with van der Waals surface area (Å²) in [5.41, 5.74) is 0. The second-order valence-electron chi connectivity index (χ2n) is 2.53. The summed E-state index contributed by atoms with van der Waals surface area (Å²) >= 11 is 5.15. The van der Waals surface area contributed by atoms with Crippen LogP contribution >= 0.6 is 12.2 Å². The van der Waals surface area contributed by atoms with E-state index >= 15 is 0 Å². The Balaban J connectivity index is 2.20. The van der Waals surface area contributed by atoms with Crippen molar-refractivity contribution in [2.75, 3.05) is 19.6 Å². The lowest BCUT2D eigenvalue weighted by Gasteiger charge is -2.09. The van der Waals surface area contributed by atoms with Crippen LogP contribution in [0.5, 0.6) is 0 Å². The zero-order chi connectivity index (χ0) is 7.40. The van der Waals surface area contributed by atoms with Gasteiger partial charge in [0, 0.05) is 18.0 Å². The zero-order valence-corrected chi connectivity index (χ0v) is 7.13. The van der Waals surface area contributed by atoms with Crippen LogP contribution < -0.4 is 10.6 Å². The van der Waals surface area contributed by atoms with Crippen LogP contribution in [-0.4, -0.2) is 30.5 Å². The summed E-state index contributed by atoms with van der Waals surface area (Å²) in [6.45, 7) is 5.20. The summed E-state index contributed by atoms with van der Waals surface area (Å²) in [7, 11) is 0. The van der Waals surface area contributed by atoms with Crippen molar-refractivity contribution in [2.24, 2.45) is 0 Å². The third-order valence-corrected chi connectivity index (χ3v) is 2.24. The van der Waals surface area contributed by atoms with Crippen molar-refractivity contribution in [3.63, 3.8) is 0 Å². The maximum atomic E-state index is 5.15. The van der Waals surface area contributed by atoms with E-state index in [0.717, 1.165) is 26.1 Å². The minimum Gasteiger partial charge on any atom is -0.315 e. The largest absolute Gasteiger partial charge is 0.315 e. The Bertz CT molecular complexity index is 125. The normalized spacial score (nSPS) is 25.7. The van der Waals surface area contributed by atoms with Crippen molar-refractivity contribution < 1.29 is 0 Å². The fraction of sp³-hybridized carbons (Fsp3) is 0.857. The molecule has 1 saturated heterocycles. The smallest absolute Gasteiger partial charge is 0.0511 e. The average molecular weight is 158 g/mol. The molecule has 2 nitrogen and oxygen atoms in total. The van der Waals surface area contributed by atoms with Gasteiger partial charge in [-0.2, -0.15) is 0 Å². The van der Waals surface area contributed by atoms with Gasteiger partial charge in [0.15, 0.2) is 0 Å². The summed E-state index contributed by atoms with van der Waals surface area (Å²) in [5, 5.41) is 6.61. The molecule has 1 rings (SSSR count). The van der Waals surface area contributed by atoms with Crippen molar-refractivity contribution in [3.8, 4) is 0 Å². The third-order valence-electron chi connectivity index (χ3n) is 1.75. The van der Waals surface area contributed by atoms with Gasteiger partial charge >= 0.3 is 0 Å². The highest BCUT2D eigenvalue weighted by atomic mass is 32.1. The Hall–Kier alpha value is 0.01000. The molecule has 2 N–H and O–H groups in total. The van der Waals surface area contributed by atoms with E-state index in [0.29, 0.717) is 6.04 Å². The Morgan fingerprint density at radius 3 is 3.10 bits per heavy atom. The van der Waals surface area contributed by atoms with Crippen LogP contribution in [0.2, 0.25) is 0 Å². The number of thiocarbonyl (C=S) groups is 1. The second kappa shape index (κ2) is 4.01. The molecule has 1 atom stereocenters. The molecule has 1 unspecified atom stereocenters. The second-order valence-corrected chi connectivity index (χ2v) is 3.06. The Kier molecular flexibility index (Phi) is 3.25. The van der Waals surface area contributed by atoms with Gasteiger partial charge in [-0.15, -0.1) is 0 Å². The van der Waals surface area contributed by atoms with Gasteiger partial charge in [0.25, 0.3) is 0 Å². The number of hydrogen-bond acceptors (Lipinski definition) is 3. The Labute approximate surface area is 67.4 Å². The molecule has 0 aromatic rings. The molecular weight excluding hydrogens is 144 g/mol. The zero-order valence-electron chi connectivity index (χ0n) is 6.31. The van der Waals surface area contributed by atoms with Gasteiger partial charge in [0.1, 0.15) is 0 Å². The molecule has 0 saturated carbocycles. The monoisotopic (exact) mass is 158 g/mol. The predicted octanol–water partition coefficient (Wildman–Crippen LogP) is 0.328. The predicted molar refractivity (Wildman–Crippen MR) is 47.5 cm³/mol. The van der Waals surface area contributed by atoms with Crippen LogP contribution in [0.15, 0.2) is 0 Å². The first-order valence-electron chi connectivity index (χ1n) is 3.81. The summed E-state index contributed by atoms with van der Waals surface area (Å²) in [5.74, 6) is 0. The van der Waals surface area contributed by atoms with Crippen molar-refractivity contribution in [2.45, 2.75) is 19.4 Å². The van der Waals surface area contributed by atoms with Crippen molar-refractivity contribution in [1.29, 1.82) is 0 Å². The van der Waals surface area contributed by atoms with E-state index < -0.39 is 0 Å². The van der Waals surface area contributed by atoms with E-state index in [9.17, 15) is 0 Å². The summed E-state index contributed by atoms with van der Waals surface area (Å²) in [6.07, 6.45) is 1.07. The lowest BCUT2D eigenvalue weighted by Crippen LogP contribution is -2.37. The minimum atomic E-state index is 0.454. The highest BCUT2D eigenvalue weighted by molar-refractivity contribution is 7.80. The van der Waals surface area contributed by atoms with Crippen LogP contribution in [0.25, 0.3) is 0 Å². The van der Waals surface area contributed by atoms with E-state index in [-0.39, 0.29) is 0 Å². The number of hydrogen-bond donors (Lipinski definition) is 2. The number of likely N-dealkylation sites (N-methyl/N-ethyl adjacent to an activating group) is 1. The molecule has 0 spiro atoms. The van der Waals surface area contributed by atoms with E-state index in [1.165, 1.54) is 4.86 Å². The molecule has 0 aliphatic carbocycles. The van der Waals surface area contributed by atoms with Crippen molar-refractivity contribution in [1.82, 2.24) is 10.6 Å². The molecule has 1 heterocycles. The van der Waals surface area contributed by atoms with E-state index in [4.69, 9.17) is 12.2 Å². The topological polar surface area (TPSA) is 24.1 Å². The molecule has 0 aromatic heterocycles. The first-order chi connectivity index (χ1) is 4.84. The standard InChI is InChI=1S/C7H14N2S/c1-2-8-5-6-7(10)3-4-9-6/h6,8-9H,2-5H2,1H3. The molecule has 10 heavy (non-hydrogen) atoms. The van der Waals surface area contributed by atoms with Gasteiger partial charge in [-0.05, 0) is 13.0 Å². The van der Waals surface area contributed by atoms with Crippen LogP contribution in [0.4, 0.5) is 0 Å². The van der Waals surface area contributed by atoms with Crippen molar-refractivity contribution in [3.05, 3.63) is 0 Å². The number of rotatable bonds is 3. The molecular formula is C7H14N2S. The molecule has 3 heteroatoms. The highest BCUT2D eigenvalue weighted by Crippen LogP contribution is 2.01. The Morgan fingerprint density at radius 2 is 2.60 bits per heavy atom. The molecule has 1 aliphatic rings. The molecule has 0 radical (unpaired) electrons. The van der Waals surface area contributed by atoms with E-state index in [1.807, 2.05) is 0 Å². The molecule has 0 amide bonds.